The van der Waals surface area contributed by atoms with Crippen LogP contribution in [0.1, 0.15) is 5.56 Å². The minimum Gasteiger partial charge on any atom is -0.432 e. The van der Waals surface area contributed by atoms with Crippen LogP contribution in [0.2, 0.25) is 0 Å². The van der Waals surface area contributed by atoms with Gasteiger partial charge in [0.25, 0.3) is 6.01 Å². The lowest BCUT2D eigenvalue weighted by Crippen LogP contribution is -1.85. The molecule has 2 aromatic carbocycles. The summed E-state index contributed by atoms with van der Waals surface area (Å²) in [5.74, 6) is 0. The Balaban J connectivity index is 2.32. The Bertz CT molecular complexity index is 768. The van der Waals surface area contributed by atoms with E-state index in [0.717, 1.165) is 16.3 Å². The molecule has 0 aliphatic heterocycles. The highest BCUT2D eigenvalue weighted by atomic mass is 16.4. The van der Waals surface area contributed by atoms with Gasteiger partial charge in [-0.15, -0.1) is 0 Å². The maximum Gasteiger partial charge on any atom is 0.292 e. The van der Waals surface area contributed by atoms with Crippen molar-refractivity contribution in [2.24, 2.45) is 0 Å². The molecule has 0 bridgehead atoms. The van der Waals surface area contributed by atoms with Crippen molar-refractivity contribution < 1.29 is 4.42 Å². The largest absolute Gasteiger partial charge is 0.432 e. The summed E-state index contributed by atoms with van der Waals surface area (Å²) < 4.78 is 5.03. The topological polar surface area (TPSA) is 75.8 Å². The van der Waals surface area contributed by atoms with Crippen molar-refractivity contribution >= 4 is 16.8 Å². The third-order valence-corrected chi connectivity index (χ3v) is 2.81. The zero-order valence-electron chi connectivity index (χ0n) is 9.42. The molecule has 86 valence electrons. The van der Waals surface area contributed by atoms with Gasteiger partial charge < -0.3 is 10.2 Å². The van der Waals surface area contributed by atoms with Gasteiger partial charge in [0, 0.05) is 5.56 Å². The van der Waals surface area contributed by atoms with Crippen LogP contribution in [0.3, 0.4) is 0 Å². The van der Waals surface area contributed by atoms with Crippen LogP contribution in [-0.4, -0.2) is 4.98 Å². The second-order valence-corrected chi connectivity index (χ2v) is 3.92. The van der Waals surface area contributed by atoms with Gasteiger partial charge in [-0.25, -0.2) is 0 Å². The summed E-state index contributed by atoms with van der Waals surface area (Å²) in [4.78, 5) is 4.11. The van der Waals surface area contributed by atoms with Crippen molar-refractivity contribution in [1.29, 1.82) is 5.26 Å². The molecule has 0 radical (unpaired) electrons. The average Bonchev–Trinajstić information content (AvgIpc) is 2.84. The van der Waals surface area contributed by atoms with E-state index in [2.05, 4.69) is 11.1 Å². The number of hydrogen-bond donors (Lipinski definition) is 1. The first-order valence-electron chi connectivity index (χ1n) is 5.42. The van der Waals surface area contributed by atoms with E-state index in [0.29, 0.717) is 11.3 Å². The molecule has 3 aromatic rings. The van der Waals surface area contributed by atoms with Crippen LogP contribution in [0.25, 0.3) is 22.0 Å². The first kappa shape index (κ1) is 10.4. The molecule has 1 heterocycles. The second kappa shape index (κ2) is 3.90. The van der Waals surface area contributed by atoms with Gasteiger partial charge in [-0.05, 0) is 22.9 Å². The molecule has 4 heteroatoms. The Hall–Kier alpha value is -2.80. The zero-order valence-corrected chi connectivity index (χ0v) is 9.42. The summed E-state index contributed by atoms with van der Waals surface area (Å²) in [6.45, 7) is 0. The Labute approximate surface area is 103 Å². The number of nitriles is 1. The predicted octanol–water partition coefficient (Wildman–Crippen LogP) is 2.95. The summed E-state index contributed by atoms with van der Waals surface area (Å²) in [5, 5.41) is 11.0. The quantitative estimate of drug-likeness (QED) is 0.703. The van der Waals surface area contributed by atoms with E-state index >= 15 is 0 Å². The van der Waals surface area contributed by atoms with Crippen LogP contribution in [0.4, 0.5) is 6.01 Å². The minimum atomic E-state index is 0.137. The molecular weight excluding hydrogens is 226 g/mol. The van der Waals surface area contributed by atoms with Gasteiger partial charge in [0.15, 0.2) is 0 Å². The summed E-state index contributed by atoms with van der Waals surface area (Å²) in [6, 6.07) is 13.7. The van der Waals surface area contributed by atoms with Crippen molar-refractivity contribution in [3.8, 4) is 17.3 Å². The number of anilines is 1. The van der Waals surface area contributed by atoms with E-state index in [9.17, 15) is 0 Å². The van der Waals surface area contributed by atoms with E-state index < -0.39 is 0 Å². The minimum absolute atomic E-state index is 0.137. The molecule has 0 unspecified atom stereocenters. The Morgan fingerprint density at radius 2 is 2.11 bits per heavy atom. The lowest BCUT2D eigenvalue weighted by Gasteiger charge is -2.03. The van der Waals surface area contributed by atoms with Gasteiger partial charge in [0.05, 0.1) is 11.6 Å². The van der Waals surface area contributed by atoms with Crippen molar-refractivity contribution in [1.82, 2.24) is 4.98 Å². The number of nitrogen functional groups attached to an aromatic ring is 1. The maximum absolute atomic E-state index is 8.96. The molecule has 2 N–H and O–H groups in total. The normalized spacial score (nSPS) is 10.4. The fraction of sp³-hybridized carbons (Fsp3) is 0. The molecule has 0 saturated carbocycles. The van der Waals surface area contributed by atoms with Crippen LogP contribution in [0.5, 0.6) is 0 Å². The number of nitrogens with zero attached hydrogens (tertiary/aromatic N) is 2. The SMILES string of the molecule is N#Cc1ccc2cccc(-c3coc(N)n3)c2c1. The van der Waals surface area contributed by atoms with E-state index in [4.69, 9.17) is 15.4 Å². The van der Waals surface area contributed by atoms with Gasteiger partial charge in [0.2, 0.25) is 0 Å². The standard InChI is InChI=1S/C14H9N3O/c15-7-9-4-5-10-2-1-3-11(12(10)6-9)13-8-18-14(16)17-13/h1-6,8H,(H2,16,17). The highest BCUT2D eigenvalue weighted by Gasteiger charge is 2.08. The molecular formula is C14H9N3O. The first-order valence-corrected chi connectivity index (χ1v) is 5.42. The highest BCUT2D eigenvalue weighted by molar-refractivity contribution is 5.96. The number of hydrogen-bond acceptors (Lipinski definition) is 4. The number of nitrogens with two attached hydrogens (primary N) is 1. The van der Waals surface area contributed by atoms with Crippen LogP contribution in [-0.2, 0) is 0 Å². The van der Waals surface area contributed by atoms with Crippen molar-refractivity contribution in [2.45, 2.75) is 0 Å². The summed E-state index contributed by atoms with van der Waals surface area (Å²) in [5.41, 5.74) is 7.68. The molecule has 18 heavy (non-hydrogen) atoms. The number of oxazole rings is 1. The molecule has 0 aliphatic rings. The lowest BCUT2D eigenvalue weighted by molar-refractivity contribution is 0.581. The molecule has 0 atom stereocenters. The Morgan fingerprint density at radius 3 is 2.83 bits per heavy atom. The lowest BCUT2D eigenvalue weighted by atomic mass is 10.0. The molecule has 0 aliphatic carbocycles. The van der Waals surface area contributed by atoms with E-state index in [1.165, 1.54) is 6.26 Å². The number of fused-ring (bicyclic) bond motifs is 1. The van der Waals surface area contributed by atoms with Gasteiger partial charge in [-0.3, -0.25) is 0 Å². The van der Waals surface area contributed by atoms with Gasteiger partial charge >= 0.3 is 0 Å². The number of aromatic nitrogens is 1. The summed E-state index contributed by atoms with van der Waals surface area (Å²) in [6.07, 6.45) is 1.52. The van der Waals surface area contributed by atoms with Crippen LogP contribution in [0.15, 0.2) is 47.1 Å². The van der Waals surface area contributed by atoms with E-state index in [1.54, 1.807) is 6.07 Å². The van der Waals surface area contributed by atoms with Crippen molar-refractivity contribution in [3.05, 3.63) is 48.2 Å². The van der Waals surface area contributed by atoms with Gasteiger partial charge in [-0.2, -0.15) is 10.2 Å². The van der Waals surface area contributed by atoms with Crippen LogP contribution < -0.4 is 5.73 Å². The zero-order chi connectivity index (χ0) is 12.5. The van der Waals surface area contributed by atoms with Crippen molar-refractivity contribution in [3.63, 3.8) is 0 Å². The molecule has 3 rings (SSSR count). The smallest absolute Gasteiger partial charge is 0.292 e. The third kappa shape index (κ3) is 1.59. The second-order valence-electron chi connectivity index (χ2n) is 3.92. The van der Waals surface area contributed by atoms with Crippen LogP contribution in [0, 0.1) is 11.3 Å². The fourth-order valence-corrected chi connectivity index (χ4v) is 1.98. The van der Waals surface area contributed by atoms with E-state index in [-0.39, 0.29) is 6.01 Å². The van der Waals surface area contributed by atoms with Gasteiger partial charge in [-0.1, -0.05) is 24.3 Å². The van der Waals surface area contributed by atoms with E-state index in [1.807, 2.05) is 30.3 Å². The Morgan fingerprint density at radius 1 is 1.22 bits per heavy atom. The van der Waals surface area contributed by atoms with Gasteiger partial charge in [0.1, 0.15) is 12.0 Å². The Kier molecular flexibility index (Phi) is 2.24. The third-order valence-electron chi connectivity index (χ3n) is 2.81. The molecule has 0 amide bonds. The molecule has 0 spiro atoms. The summed E-state index contributed by atoms with van der Waals surface area (Å²) in [7, 11) is 0. The first-order chi connectivity index (χ1) is 8.78. The van der Waals surface area contributed by atoms with Crippen molar-refractivity contribution in [2.75, 3.05) is 5.73 Å². The number of benzene rings is 2. The molecule has 1 aromatic heterocycles. The van der Waals surface area contributed by atoms with Crippen LogP contribution >= 0.6 is 0 Å². The molecule has 0 fully saturated rings. The molecule has 0 saturated heterocycles. The summed E-state index contributed by atoms with van der Waals surface area (Å²) >= 11 is 0. The average molecular weight is 235 g/mol. The fourth-order valence-electron chi connectivity index (χ4n) is 1.98. The maximum atomic E-state index is 8.96. The number of rotatable bonds is 1. The molecule has 4 nitrogen and oxygen atoms in total. The highest BCUT2D eigenvalue weighted by Crippen LogP contribution is 2.29. The predicted molar refractivity (Wildman–Crippen MR) is 68.6 cm³/mol. The monoisotopic (exact) mass is 235 g/mol.